The van der Waals surface area contributed by atoms with E-state index in [1.54, 1.807) is 16.7 Å². The molecule has 0 aromatic heterocycles. The van der Waals surface area contributed by atoms with Crippen LogP contribution in [0.5, 0.6) is 0 Å². The lowest BCUT2D eigenvalue weighted by Gasteiger charge is -2.34. The molecule has 9 nitrogen and oxygen atoms in total. The highest BCUT2D eigenvalue weighted by atomic mass is 32.2. The number of benzene rings is 1. The van der Waals surface area contributed by atoms with E-state index in [9.17, 15) is 19.5 Å². The Hall–Kier alpha value is -2.14. The number of hydrogen-bond donors (Lipinski definition) is 3. The predicted molar refractivity (Wildman–Crippen MR) is 137 cm³/mol. The number of anilines is 1. The number of likely N-dealkylation sites (tertiary alicyclic amines) is 1. The van der Waals surface area contributed by atoms with Gasteiger partial charge in [-0.25, -0.2) is 0 Å². The molecule has 4 saturated heterocycles. The summed E-state index contributed by atoms with van der Waals surface area (Å²) in [7, 11) is 0. The zero-order valence-corrected chi connectivity index (χ0v) is 21.4. The summed E-state index contributed by atoms with van der Waals surface area (Å²) in [6, 6.07) is 8.72. The average molecular weight is 517 g/mol. The molecule has 3 amide bonds. The first-order valence-electron chi connectivity index (χ1n) is 13.1. The van der Waals surface area contributed by atoms with E-state index in [-0.39, 0.29) is 29.6 Å². The van der Waals surface area contributed by atoms with Gasteiger partial charge in [0.05, 0.1) is 29.8 Å². The van der Waals surface area contributed by atoms with Crippen molar-refractivity contribution < 1.29 is 24.2 Å². The van der Waals surface area contributed by atoms with Crippen molar-refractivity contribution >= 4 is 35.2 Å². The van der Waals surface area contributed by atoms with Gasteiger partial charge in [-0.2, -0.15) is 0 Å². The Morgan fingerprint density at radius 1 is 1.11 bits per heavy atom. The number of carbonyl (C=O) groups is 3. The second-order valence-corrected chi connectivity index (χ2v) is 11.7. The highest BCUT2D eigenvalue weighted by Crippen LogP contribution is 2.66. The fraction of sp³-hybridized carbons (Fsp3) is 0.654. The number of rotatable bonds is 10. The van der Waals surface area contributed by atoms with E-state index in [0.29, 0.717) is 44.8 Å². The molecular weight excluding hydrogens is 480 g/mol. The second kappa shape index (κ2) is 11.1. The Balaban J connectivity index is 1.33. The molecular formula is C26H36N4O5S. The zero-order valence-electron chi connectivity index (χ0n) is 20.6. The van der Waals surface area contributed by atoms with Crippen LogP contribution in [0.25, 0.3) is 0 Å². The summed E-state index contributed by atoms with van der Waals surface area (Å²) in [4.78, 5) is 44.9. The Morgan fingerprint density at radius 3 is 2.64 bits per heavy atom. The Labute approximate surface area is 216 Å². The monoisotopic (exact) mass is 516 g/mol. The van der Waals surface area contributed by atoms with Crippen molar-refractivity contribution in [2.45, 2.75) is 41.7 Å². The van der Waals surface area contributed by atoms with Gasteiger partial charge >= 0.3 is 0 Å². The van der Waals surface area contributed by atoms with Crippen molar-refractivity contribution in [1.82, 2.24) is 15.1 Å². The lowest BCUT2D eigenvalue weighted by atomic mass is 9.70. The summed E-state index contributed by atoms with van der Waals surface area (Å²) < 4.78 is 4.82. The van der Waals surface area contributed by atoms with Crippen molar-refractivity contribution in [2.24, 2.45) is 11.8 Å². The SMILES string of the molecule is O=C(NCCN1CCOCC1)C1N(CCCCO)C(=O)[C@@H]2[C@H](C(=O)Nc3ccccc3)[C@@H]3CCC12S3. The maximum absolute atomic E-state index is 13.8. The van der Waals surface area contributed by atoms with E-state index >= 15 is 0 Å². The number of morpholine rings is 1. The van der Waals surface area contributed by atoms with E-state index in [1.165, 1.54) is 0 Å². The quantitative estimate of drug-likeness (QED) is 0.397. The van der Waals surface area contributed by atoms with Crippen LogP contribution in [0.4, 0.5) is 5.69 Å². The van der Waals surface area contributed by atoms with Crippen molar-refractivity contribution in [2.75, 3.05) is 57.9 Å². The van der Waals surface area contributed by atoms with Crippen molar-refractivity contribution in [3.8, 4) is 0 Å². The first-order chi connectivity index (χ1) is 17.5. The average Bonchev–Trinajstić information content (AvgIpc) is 3.53. The first kappa shape index (κ1) is 25.5. The maximum atomic E-state index is 13.8. The molecule has 1 aromatic carbocycles. The highest BCUT2D eigenvalue weighted by Gasteiger charge is 2.73. The van der Waals surface area contributed by atoms with Gasteiger partial charge in [-0.1, -0.05) is 18.2 Å². The number of hydrogen-bond acceptors (Lipinski definition) is 7. The van der Waals surface area contributed by atoms with Gasteiger partial charge in [0.25, 0.3) is 0 Å². The van der Waals surface area contributed by atoms with Crippen LogP contribution in [0.15, 0.2) is 30.3 Å². The highest BCUT2D eigenvalue weighted by molar-refractivity contribution is 8.02. The second-order valence-electron chi connectivity index (χ2n) is 10.1. The molecule has 2 bridgehead atoms. The number of thioether (sulfide) groups is 1. The van der Waals surface area contributed by atoms with Gasteiger partial charge in [0, 0.05) is 50.3 Å². The number of aliphatic hydroxyl groups is 1. The van der Waals surface area contributed by atoms with E-state index in [4.69, 9.17) is 4.74 Å². The standard InChI is InChI=1S/C26H36N4O5S/c31-15-5-4-11-30-22(24(33)27-10-12-29-13-16-35-17-14-29)26-9-8-19(36-26)20(21(26)25(30)34)23(32)28-18-6-2-1-3-7-18/h1-3,6-7,19-22,31H,4-5,8-17H2,(H,27,33)(H,28,32)/t19-,20+,21-,22?,26?/m0/s1. The van der Waals surface area contributed by atoms with Gasteiger partial charge in [-0.05, 0) is 37.8 Å². The molecule has 2 unspecified atom stereocenters. The van der Waals surface area contributed by atoms with Gasteiger partial charge in [0.1, 0.15) is 6.04 Å². The fourth-order valence-electron chi connectivity index (χ4n) is 6.39. The third-order valence-electron chi connectivity index (χ3n) is 8.03. The van der Waals surface area contributed by atoms with Crippen LogP contribution < -0.4 is 10.6 Å². The van der Waals surface area contributed by atoms with Gasteiger partial charge in [0.15, 0.2) is 0 Å². The number of fused-ring (bicyclic) bond motifs is 1. The molecule has 0 saturated carbocycles. The van der Waals surface area contributed by atoms with Gasteiger partial charge in [0.2, 0.25) is 17.7 Å². The summed E-state index contributed by atoms with van der Waals surface area (Å²) in [5.74, 6) is -1.32. The van der Waals surface area contributed by atoms with Crippen LogP contribution in [-0.2, 0) is 19.1 Å². The topological polar surface area (TPSA) is 111 Å². The molecule has 4 aliphatic heterocycles. The van der Waals surface area contributed by atoms with Crippen LogP contribution in [0.3, 0.4) is 0 Å². The molecule has 36 heavy (non-hydrogen) atoms. The number of carbonyl (C=O) groups excluding carboxylic acids is 3. The third-order valence-corrected chi connectivity index (χ3v) is 9.98. The van der Waals surface area contributed by atoms with Crippen LogP contribution in [0.2, 0.25) is 0 Å². The third kappa shape index (κ3) is 4.76. The smallest absolute Gasteiger partial charge is 0.244 e. The van der Waals surface area contributed by atoms with Crippen LogP contribution in [0.1, 0.15) is 25.7 Å². The lowest BCUT2D eigenvalue weighted by Crippen LogP contribution is -2.54. The van der Waals surface area contributed by atoms with E-state index < -0.39 is 22.6 Å². The maximum Gasteiger partial charge on any atom is 0.244 e. The number of unbranched alkanes of at least 4 members (excludes halogenated alkanes) is 1. The molecule has 1 aromatic rings. The molecule has 4 aliphatic rings. The van der Waals surface area contributed by atoms with E-state index in [1.807, 2.05) is 30.3 Å². The summed E-state index contributed by atoms with van der Waals surface area (Å²) >= 11 is 1.68. The normalized spacial score (nSPS) is 31.5. The molecule has 1 spiro atoms. The first-order valence-corrected chi connectivity index (χ1v) is 14.0. The largest absolute Gasteiger partial charge is 0.396 e. The zero-order chi connectivity index (χ0) is 25.1. The molecule has 5 atom stereocenters. The molecule has 196 valence electrons. The number of nitrogens with zero attached hydrogens (tertiary/aromatic N) is 2. The number of para-hydroxylation sites is 1. The van der Waals surface area contributed by atoms with Crippen molar-refractivity contribution in [1.29, 1.82) is 0 Å². The summed E-state index contributed by atoms with van der Waals surface area (Å²) in [6.07, 6.45) is 2.77. The Bertz CT molecular complexity index is 959. The summed E-state index contributed by atoms with van der Waals surface area (Å²) in [5.41, 5.74) is 0.715. The number of nitrogens with one attached hydrogen (secondary N) is 2. The molecule has 0 aliphatic carbocycles. The van der Waals surface area contributed by atoms with E-state index in [2.05, 4.69) is 15.5 Å². The summed E-state index contributed by atoms with van der Waals surface area (Å²) in [6.45, 7) is 4.84. The van der Waals surface area contributed by atoms with Crippen molar-refractivity contribution in [3.63, 3.8) is 0 Å². The molecule has 4 heterocycles. The Morgan fingerprint density at radius 2 is 1.89 bits per heavy atom. The summed E-state index contributed by atoms with van der Waals surface area (Å²) in [5, 5.41) is 15.4. The minimum absolute atomic E-state index is 0.0332. The lowest BCUT2D eigenvalue weighted by molar-refractivity contribution is -0.139. The minimum atomic E-state index is -0.595. The van der Waals surface area contributed by atoms with Crippen LogP contribution in [-0.4, -0.2) is 101 Å². The fourth-order valence-corrected chi connectivity index (χ4v) is 8.61. The molecule has 3 N–H and O–H groups in total. The van der Waals surface area contributed by atoms with Crippen LogP contribution >= 0.6 is 11.8 Å². The minimum Gasteiger partial charge on any atom is -0.396 e. The number of amides is 3. The molecule has 0 radical (unpaired) electrons. The molecule has 5 rings (SSSR count). The van der Waals surface area contributed by atoms with Crippen LogP contribution in [0, 0.1) is 11.8 Å². The van der Waals surface area contributed by atoms with Crippen molar-refractivity contribution in [3.05, 3.63) is 30.3 Å². The molecule has 4 fully saturated rings. The van der Waals surface area contributed by atoms with E-state index in [0.717, 1.165) is 32.5 Å². The predicted octanol–water partition coefficient (Wildman–Crippen LogP) is 0.937. The van der Waals surface area contributed by atoms with Gasteiger partial charge in [-0.3, -0.25) is 19.3 Å². The van der Waals surface area contributed by atoms with Gasteiger partial charge < -0.3 is 25.4 Å². The number of ether oxygens (including phenoxy) is 1. The molecule has 10 heteroatoms. The number of aliphatic hydroxyl groups excluding tert-OH is 1. The van der Waals surface area contributed by atoms with Gasteiger partial charge in [-0.15, -0.1) is 11.8 Å². The Kier molecular flexibility index (Phi) is 7.85.